The van der Waals surface area contributed by atoms with Crippen LogP contribution in [0.1, 0.15) is 45.2 Å². The number of ether oxygens (including phenoxy) is 4. The first-order valence-corrected chi connectivity index (χ1v) is 27.6. The van der Waals surface area contributed by atoms with E-state index in [1.54, 1.807) is 60.7 Å². The van der Waals surface area contributed by atoms with E-state index in [0.717, 1.165) is 46.5 Å². The van der Waals surface area contributed by atoms with E-state index in [1.807, 2.05) is 26.2 Å². The zero-order valence-electron chi connectivity index (χ0n) is 39.8. The van der Waals surface area contributed by atoms with Crippen LogP contribution in [0.3, 0.4) is 0 Å². The van der Waals surface area contributed by atoms with Crippen molar-refractivity contribution >= 4 is 78.3 Å². The van der Waals surface area contributed by atoms with Gasteiger partial charge in [0, 0.05) is 84.3 Å². The molecule has 4 aromatic carbocycles. The highest BCUT2D eigenvalue weighted by atomic mass is 35.5. The zero-order chi connectivity index (χ0) is 52.0. The Morgan fingerprint density at radius 1 is 0.556 bits per heavy atom. The monoisotopic (exact) mass is 1120 g/mol. The fourth-order valence-electron chi connectivity index (χ4n) is 8.32. The molecule has 0 aromatic heterocycles. The number of carbonyl (C=O) groups excluding carboxylic acids is 2. The van der Waals surface area contributed by atoms with Crippen LogP contribution in [0, 0.1) is 0 Å². The van der Waals surface area contributed by atoms with E-state index in [0.29, 0.717) is 33.2 Å². The second-order valence-electron chi connectivity index (χ2n) is 17.3. The van der Waals surface area contributed by atoms with Crippen LogP contribution >= 0.6 is 46.4 Å². The maximum atomic E-state index is 12.9. The molecular weight excluding hydrogens is 1060 g/mol. The third-order valence-corrected chi connectivity index (χ3v) is 16.0. The summed E-state index contributed by atoms with van der Waals surface area (Å²) in [6.45, 7) is 3.55. The van der Waals surface area contributed by atoms with Crippen LogP contribution in [0.2, 0.25) is 20.1 Å². The largest absolute Gasteiger partial charge is 0.380 e. The van der Waals surface area contributed by atoms with Gasteiger partial charge in [0.1, 0.15) is 0 Å². The van der Waals surface area contributed by atoms with E-state index in [1.165, 1.54) is 0 Å². The van der Waals surface area contributed by atoms with Crippen LogP contribution in [0.15, 0.2) is 82.6 Å². The van der Waals surface area contributed by atoms with Gasteiger partial charge in [0.25, 0.3) is 11.8 Å². The van der Waals surface area contributed by atoms with Crippen LogP contribution < -0.4 is 20.1 Å². The van der Waals surface area contributed by atoms with Crippen molar-refractivity contribution in [2.75, 3.05) is 106 Å². The van der Waals surface area contributed by atoms with Crippen molar-refractivity contribution in [3.63, 3.8) is 0 Å². The number of benzene rings is 4. The number of carbonyl (C=O) groups is 2. The van der Waals surface area contributed by atoms with Crippen LogP contribution in [0.5, 0.6) is 0 Å². The number of likely N-dealkylation sites (N-methyl/N-ethyl adjacent to an activating group) is 2. The van der Waals surface area contributed by atoms with Crippen molar-refractivity contribution in [3.8, 4) is 0 Å². The molecule has 24 heteroatoms. The molecule has 0 bridgehead atoms. The predicted octanol–water partition coefficient (Wildman–Crippen LogP) is 3.73. The van der Waals surface area contributed by atoms with Gasteiger partial charge in [-0.15, -0.1) is 0 Å². The number of nitrogens with one attached hydrogen (secondary N) is 4. The van der Waals surface area contributed by atoms with Crippen LogP contribution in [-0.4, -0.2) is 167 Å². The molecule has 2 heterocycles. The highest BCUT2D eigenvalue weighted by Crippen LogP contribution is 2.40. The molecule has 2 unspecified atom stereocenters. The molecule has 394 valence electrons. The summed E-state index contributed by atoms with van der Waals surface area (Å²) in [4.78, 5) is 29.1. The van der Waals surface area contributed by atoms with Crippen molar-refractivity contribution in [1.29, 1.82) is 0 Å². The number of aliphatic hydroxyl groups excluding tert-OH is 2. The van der Waals surface area contributed by atoms with E-state index >= 15 is 0 Å². The molecule has 2 aliphatic rings. The molecule has 4 atom stereocenters. The third kappa shape index (κ3) is 16.2. The zero-order valence-corrected chi connectivity index (χ0v) is 44.4. The first kappa shape index (κ1) is 57.8. The summed E-state index contributed by atoms with van der Waals surface area (Å²) in [5.74, 6) is -2.03. The lowest BCUT2D eigenvalue weighted by atomic mass is 9.85. The SMILES string of the molecule is CN1Cc2c(Cl)cc(Cl)cc2C(c2ccc(S(=O)(=O)NCCOCCOCCNC(=O)[C@@H](O)[C@H](O)C(=O)NCCOCCOCCNS(=O)(=O)c3ccc(C4CN(C)Cc5c(Cl)cc(Cl)cc54)cc3)cc2)C1. The van der Waals surface area contributed by atoms with Crippen molar-refractivity contribution in [2.24, 2.45) is 0 Å². The third-order valence-electron chi connectivity index (χ3n) is 11.9. The average Bonchev–Trinajstić information content (AvgIpc) is 3.34. The Balaban J connectivity index is 0.754. The van der Waals surface area contributed by atoms with Crippen LogP contribution in [0.4, 0.5) is 0 Å². The fraction of sp³-hybridized carbons (Fsp3) is 0.458. The van der Waals surface area contributed by atoms with Gasteiger partial charge in [-0.25, -0.2) is 26.3 Å². The van der Waals surface area contributed by atoms with E-state index in [2.05, 4.69) is 29.9 Å². The molecule has 0 radical (unpaired) electrons. The van der Waals surface area contributed by atoms with E-state index in [4.69, 9.17) is 65.4 Å². The molecule has 2 aliphatic heterocycles. The van der Waals surface area contributed by atoms with E-state index in [9.17, 15) is 36.6 Å². The molecule has 4 aromatic rings. The van der Waals surface area contributed by atoms with Gasteiger partial charge in [0.2, 0.25) is 20.0 Å². The van der Waals surface area contributed by atoms with Gasteiger partial charge in [-0.3, -0.25) is 9.59 Å². The molecule has 0 saturated heterocycles. The number of rotatable bonds is 27. The smallest absolute Gasteiger partial charge is 0.252 e. The molecule has 0 fully saturated rings. The summed E-state index contributed by atoms with van der Waals surface area (Å²) in [6.07, 6.45) is -4.09. The molecular formula is C48H60Cl4N6O12S2. The molecule has 0 aliphatic carbocycles. The first-order chi connectivity index (χ1) is 34.3. The second kappa shape index (κ2) is 27.3. The minimum Gasteiger partial charge on any atom is -0.380 e. The molecule has 18 nitrogen and oxygen atoms in total. The van der Waals surface area contributed by atoms with Crippen LogP contribution in [0.25, 0.3) is 0 Å². The summed E-state index contributed by atoms with van der Waals surface area (Å²) in [5, 5.41) is 27.4. The number of hydrogen-bond acceptors (Lipinski definition) is 14. The lowest BCUT2D eigenvalue weighted by molar-refractivity contribution is -0.146. The lowest BCUT2D eigenvalue weighted by Gasteiger charge is -2.33. The Morgan fingerprint density at radius 2 is 0.889 bits per heavy atom. The number of sulfonamides is 2. The quantitative estimate of drug-likeness (QED) is 0.0468. The predicted molar refractivity (Wildman–Crippen MR) is 274 cm³/mol. The van der Waals surface area contributed by atoms with Crippen molar-refractivity contribution < 1.29 is 55.6 Å². The maximum Gasteiger partial charge on any atom is 0.252 e. The normalized spacial score (nSPS) is 17.2. The molecule has 6 rings (SSSR count). The van der Waals surface area contributed by atoms with Crippen molar-refractivity contribution in [1.82, 2.24) is 29.9 Å². The summed E-state index contributed by atoms with van der Waals surface area (Å²) >= 11 is 25.6. The maximum absolute atomic E-state index is 12.9. The molecule has 72 heavy (non-hydrogen) atoms. The van der Waals surface area contributed by atoms with Gasteiger partial charge in [-0.2, -0.15) is 0 Å². The summed E-state index contributed by atoms with van der Waals surface area (Å²) in [7, 11) is -3.60. The fourth-order valence-corrected chi connectivity index (χ4v) is 11.5. The Kier molecular flexibility index (Phi) is 21.9. The van der Waals surface area contributed by atoms with Crippen molar-refractivity contribution in [2.45, 2.75) is 46.9 Å². The first-order valence-electron chi connectivity index (χ1n) is 23.1. The Morgan fingerprint density at radius 3 is 1.24 bits per heavy atom. The second-order valence-corrected chi connectivity index (χ2v) is 22.5. The molecule has 2 amide bonds. The topological polar surface area (TPSA) is 234 Å². The molecule has 0 spiro atoms. The number of hydrogen-bond donors (Lipinski definition) is 6. The van der Waals surface area contributed by atoms with Gasteiger partial charge >= 0.3 is 0 Å². The molecule has 6 N–H and O–H groups in total. The van der Waals surface area contributed by atoms with Crippen LogP contribution in [-0.2, 0) is 61.7 Å². The van der Waals surface area contributed by atoms with Gasteiger partial charge in [-0.05, 0) is 96.0 Å². The number of nitrogens with zero attached hydrogens (tertiary/aromatic N) is 2. The average molecular weight is 1120 g/mol. The van der Waals surface area contributed by atoms with Crippen molar-refractivity contribution in [3.05, 3.63) is 126 Å². The van der Waals surface area contributed by atoms with E-state index < -0.39 is 44.1 Å². The number of halogens is 4. The number of aliphatic hydroxyl groups is 2. The van der Waals surface area contributed by atoms with Gasteiger partial charge in [0.15, 0.2) is 12.2 Å². The number of fused-ring (bicyclic) bond motifs is 2. The standard InChI is InChI=1S/C48H60Cl4N6O12S2/c1-57-27-39(37-23-33(49)25-43(51)41(37)29-57)31-3-7-35(8-4-31)71(63,64)55-13-17-69-21-19-67-15-11-53-47(61)45(59)46(60)48(62)54-12-16-68-20-22-70-18-14-56-72(65,66)36-9-5-32(6-10-36)40-28-58(2)30-42-38(40)24-34(50)26-44(42)52/h3-10,23-26,39-40,45-46,55-56,59-60H,11-22,27-30H2,1-2H3,(H,53,61)(H,54,62)/t39?,40?,45-,46-/m0/s1. The van der Waals surface area contributed by atoms with Gasteiger partial charge in [0.05, 0.1) is 62.6 Å². The molecule has 0 saturated carbocycles. The van der Waals surface area contributed by atoms with Gasteiger partial charge in [-0.1, -0.05) is 70.7 Å². The van der Waals surface area contributed by atoms with E-state index in [-0.39, 0.29) is 101 Å². The Hall–Kier alpha value is -3.52. The minimum absolute atomic E-state index is 0.0202. The highest BCUT2D eigenvalue weighted by Gasteiger charge is 2.31. The minimum atomic E-state index is -3.80. The summed E-state index contributed by atoms with van der Waals surface area (Å²) in [5.41, 5.74) is 5.93. The summed E-state index contributed by atoms with van der Waals surface area (Å²) in [6, 6.07) is 20.7. The Labute approximate surface area is 440 Å². The lowest BCUT2D eigenvalue weighted by Crippen LogP contribution is -2.50. The van der Waals surface area contributed by atoms with Gasteiger partial charge < -0.3 is 49.6 Å². The Bertz CT molecular complexity index is 2510. The highest BCUT2D eigenvalue weighted by molar-refractivity contribution is 7.89. The number of amides is 2. The summed E-state index contributed by atoms with van der Waals surface area (Å²) < 4.78 is 78.4.